The van der Waals surface area contributed by atoms with Crippen LogP contribution in [0.1, 0.15) is 43.8 Å². The first-order valence-electron chi connectivity index (χ1n) is 14.4. The van der Waals surface area contributed by atoms with Crippen molar-refractivity contribution in [1.29, 1.82) is 0 Å². The number of β-lactam (4-membered cyclic amide) rings is 1. The topological polar surface area (TPSA) is 175 Å². The number of nitrogens with zero attached hydrogens (tertiary/aromatic N) is 4. The van der Waals surface area contributed by atoms with Gasteiger partial charge in [-0.15, -0.1) is 11.8 Å². The Morgan fingerprint density at radius 3 is 2.32 bits per heavy atom. The molecule has 2 unspecified atom stereocenters. The van der Waals surface area contributed by atoms with Gasteiger partial charge < -0.3 is 25.4 Å². The zero-order valence-electron chi connectivity index (χ0n) is 25.7. The molecule has 0 saturated carbocycles. The number of ether oxygens (including phenoxy) is 2. The Labute approximate surface area is 279 Å². The number of benzene rings is 2. The van der Waals surface area contributed by atoms with E-state index in [4.69, 9.17) is 20.0 Å². The van der Waals surface area contributed by atoms with Gasteiger partial charge in [-0.2, -0.15) is 9.36 Å². The third kappa shape index (κ3) is 7.69. The fraction of sp³-hybridized carbons (Fsp3) is 0.281. The molecule has 0 spiro atoms. The summed E-state index contributed by atoms with van der Waals surface area (Å²) in [5, 5.41) is 5.85. The van der Waals surface area contributed by atoms with E-state index < -0.39 is 59.2 Å². The molecule has 0 bridgehead atoms. The number of carbonyl (C=O) groups excluding carboxylic acids is 4. The highest BCUT2D eigenvalue weighted by Gasteiger charge is 2.54. The molecule has 2 atom stereocenters. The molecule has 3 aromatic rings. The van der Waals surface area contributed by atoms with Gasteiger partial charge in [-0.25, -0.2) is 9.59 Å². The number of oxime groups is 1. The second-order valence-corrected chi connectivity index (χ2v) is 13.2. The normalized spacial score (nSPS) is 17.8. The number of amides is 2. The molecule has 5 rings (SSSR count). The molecule has 0 aliphatic carbocycles. The first-order chi connectivity index (χ1) is 22.5. The zero-order valence-corrected chi connectivity index (χ0v) is 27.4. The predicted octanol–water partition coefficient (Wildman–Crippen LogP) is 3.36. The van der Waals surface area contributed by atoms with Gasteiger partial charge in [0.15, 0.2) is 11.2 Å². The van der Waals surface area contributed by atoms with Gasteiger partial charge in [-0.3, -0.25) is 14.5 Å². The van der Waals surface area contributed by atoms with Crippen LogP contribution >= 0.6 is 23.3 Å². The number of rotatable bonds is 11. The summed E-state index contributed by atoms with van der Waals surface area (Å²) >= 11 is 2.17. The largest absolute Gasteiger partial charge is 0.457 e. The molecule has 1 aromatic heterocycles. The van der Waals surface area contributed by atoms with Crippen LogP contribution in [-0.2, 0) is 33.5 Å². The van der Waals surface area contributed by atoms with E-state index in [1.54, 1.807) is 20.8 Å². The average Bonchev–Trinajstić information content (AvgIpc) is 3.48. The Balaban J connectivity index is 1.33. The van der Waals surface area contributed by atoms with E-state index in [0.29, 0.717) is 11.3 Å². The average molecular weight is 677 g/mol. The van der Waals surface area contributed by atoms with Crippen molar-refractivity contribution in [3.63, 3.8) is 0 Å². The van der Waals surface area contributed by atoms with Crippen molar-refractivity contribution in [2.24, 2.45) is 5.16 Å². The maximum Gasteiger partial charge on any atom is 0.356 e. The molecule has 1 saturated heterocycles. The Morgan fingerprint density at radius 1 is 1.13 bits per heavy atom. The predicted molar refractivity (Wildman–Crippen MR) is 176 cm³/mol. The molecule has 2 amide bonds. The summed E-state index contributed by atoms with van der Waals surface area (Å²) in [6.45, 7) is 8.33. The number of hydrogen-bond acceptors (Lipinski definition) is 13. The lowest BCUT2D eigenvalue weighted by Crippen LogP contribution is -2.71. The summed E-state index contributed by atoms with van der Waals surface area (Å²) in [6, 6.07) is 17.5. The summed E-state index contributed by atoms with van der Waals surface area (Å²) in [6.07, 6.45) is 0.783. The van der Waals surface area contributed by atoms with Crippen LogP contribution in [0.4, 0.5) is 5.13 Å². The Morgan fingerprint density at radius 2 is 1.77 bits per heavy atom. The van der Waals surface area contributed by atoms with Crippen LogP contribution in [-0.4, -0.2) is 73.1 Å². The second kappa shape index (κ2) is 14.2. The number of hydrogen-bond donors (Lipinski definition) is 2. The number of nitrogen functional groups attached to an aromatic ring is 1. The molecular formula is C32H32N6O7S2. The molecule has 2 aliphatic heterocycles. The van der Waals surface area contributed by atoms with E-state index >= 15 is 0 Å². The molecule has 15 heteroatoms. The molecule has 47 heavy (non-hydrogen) atoms. The summed E-state index contributed by atoms with van der Waals surface area (Å²) in [7, 11) is 0. The third-order valence-electron chi connectivity index (χ3n) is 6.78. The van der Waals surface area contributed by atoms with Gasteiger partial charge in [0.25, 0.3) is 11.8 Å². The first-order valence-corrected chi connectivity index (χ1v) is 16.2. The number of anilines is 1. The van der Waals surface area contributed by atoms with Crippen molar-refractivity contribution < 1.29 is 33.5 Å². The summed E-state index contributed by atoms with van der Waals surface area (Å²) in [4.78, 5) is 63.3. The minimum Gasteiger partial charge on any atom is -0.457 e. The molecule has 2 aliphatic rings. The zero-order chi connectivity index (χ0) is 33.7. The molecule has 3 heterocycles. The summed E-state index contributed by atoms with van der Waals surface area (Å²) in [5.74, 6) is -2.62. The van der Waals surface area contributed by atoms with Gasteiger partial charge in [-0.1, -0.05) is 78.5 Å². The van der Waals surface area contributed by atoms with E-state index in [1.165, 1.54) is 22.7 Å². The van der Waals surface area contributed by atoms with Crippen molar-refractivity contribution in [3.8, 4) is 0 Å². The van der Waals surface area contributed by atoms with E-state index in [9.17, 15) is 19.2 Å². The number of nitrogens with one attached hydrogen (secondary N) is 1. The van der Waals surface area contributed by atoms with Crippen LogP contribution < -0.4 is 11.1 Å². The van der Waals surface area contributed by atoms with Gasteiger partial charge in [-0.05, 0) is 37.5 Å². The Kier molecular flexibility index (Phi) is 10.1. The van der Waals surface area contributed by atoms with Gasteiger partial charge in [0.05, 0.1) is 0 Å². The van der Waals surface area contributed by atoms with E-state index in [-0.39, 0.29) is 16.7 Å². The Hall–Kier alpha value is -5.02. The van der Waals surface area contributed by atoms with Crippen molar-refractivity contribution in [3.05, 3.63) is 102 Å². The maximum absolute atomic E-state index is 13.8. The van der Waals surface area contributed by atoms with Crippen molar-refractivity contribution in [2.75, 3.05) is 18.1 Å². The van der Waals surface area contributed by atoms with E-state index in [1.807, 2.05) is 60.7 Å². The highest BCUT2D eigenvalue weighted by molar-refractivity contribution is 8.00. The highest BCUT2D eigenvalue weighted by Crippen LogP contribution is 2.42. The quantitative estimate of drug-likeness (QED) is 0.132. The molecule has 3 N–H and O–H groups in total. The van der Waals surface area contributed by atoms with Gasteiger partial charge in [0.2, 0.25) is 18.1 Å². The van der Waals surface area contributed by atoms with E-state index in [0.717, 1.165) is 22.7 Å². The number of nitrogens with two attached hydrogens (primary N) is 1. The summed E-state index contributed by atoms with van der Waals surface area (Å²) in [5.41, 5.74) is 6.65. The fourth-order valence-corrected chi connectivity index (χ4v) is 6.56. The number of aromatic nitrogens is 2. The Bertz CT molecular complexity index is 1700. The molecular weight excluding hydrogens is 645 g/mol. The first kappa shape index (κ1) is 33.3. The van der Waals surface area contributed by atoms with Crippen LogP contribution in [0.15, 0.2) is 89.7 Å². The summed E-state index contributed by atoms with van der Waals surface area (Å²) < 4.78 is 15.3. The molecule has 1 fully saturated rings. The minimum atomic E-state index is -1.03. The van der Waals surface area contributed by atoms with Crippen LogP contribution in [0.3, 0.4) is 0 Å². The SMILES string of the molecule is C=CC1=C(C(=O)OC(c2ccccc2)c2ccccc2)N2C(=O)C(NC(=O)/C(=N/OCC(=O)OC(C)(C)C)c3nsc(N)n3)C2SC1. The number of fused-ring (bicyclic) bond motifs is 1. The standard InChI is InChI=1S/C32H32N6O7S2/c1-5-18-17-46-29-23(34-27(40)22(26-35-31(33)47-37-26)36-43-16-21(39)45-32(2,3)4)28(41)38(29)24(18)30(42)44-25(19-12-8-6-9-13-19)20-14-10-7-11-15-20/h5-15,23,25,29H,1,16-17H2,2-4H3,(H,34,40)(H2,33,35,37)/b36-22+. The fourth-order valence-electron chi connectivity index (χ4n) is 4.78. The van der Waals surface area contributed by atoms with Crippen LogP contribution in [0.2, 0.25) is 0 Å². The lowest BCUT2D eigenvalue weighted by Gasteiger charge is -2.49. The second-order valence-electron chi connectivity index (χ2n) is 11.3. The monoisotopic (exact) mass is 676 g/mol. The van der Waals surface area contributed by atoms with E-state index in [2.05, 4.69) is 26.4 Å². The van der Waals surface area contributed by atoms with Crippen LogP contribution in [0.5, 0.6) is 0 Å². The molecule has 2 aromatic carbocycles. The lowest BCUT2D eigenvalue weighted by atomic mass is 10.0. The van der Waals surface area contributed by atoms with Crippen molar-refractivity contribution >= 4 is 57.9 Å². The third-order valence-corrected chi connectivity index (χ3v) is 8.63. The number of thioether (sulfide) groups is 1. The van der Waals surface area contributed by atoms with Crippen LogP contribution in [0, 0.1) is 0 Å². The molecule has 0 radical (unpaired) electrons. The number of carbonyl (C=O) groups is 4. The number of esters is 2. The highest BCUT2D eigenvalue weighted by atomic mass is 32.2. The van der Waals surface area contributed by atoms with Crippen molar-refractivity contribution in [1.82, 2.24) is 19.6 Å². The smallest absolute Gasteiger partial charge is 0.356 e. The molecule has 13 nitrogen and oxygen atoms in total. The lowest BCUT2D eigenvalue weighted by molar-refractivity contribution is -0.160. The number of allylic oxidation sites excluding steroid dienone is 1. The molecule has 244 valence electrons. The van der Waals surface area contributed by atoms with Crippen LogP contribution in [0.25, 0.3) is 0 Å². The van der Waals surface area contributed by atoms with Crippen molar-refractivity contribution in [2.45, 2.75) is 43.9 Å². The minimum absolute atomic E-state index is 0.0552. The maximum atomic E-state index is 13.8. The van der Waals surface area contributed by atoms with Gasteiger partial charge in [0.1, 0.15) is 22.7 Å². The van der Waals surface area contributed by atoms with Gasteiger partial charge >= 0.3 is 11.9 Å². The van der Waals surface area contributed by atoms with Gasteiger partial charge in [0, 0.05) is 17.3 Å².